The molecule has 0 unspecified atom stereocenters. The molecule has 0 atom stereocenters. The monoisotopic (exact) mass is 248 g/mol. The number of halogens is 1. The second-order valence-corrected chi connectivity index (χ2v) is 4.63. The largest absolute Gasteiger partial charge is 0.341 e. The fraction of sp³-hybridized carbons (Fsp3) is 0.286. The zero-order valence-corrected chi connectivity index (χ0v) is 9.20. The standard InChI is InChI=1S/C7H9BrN2OS/c1-9-7(11)10(2)6-4-3-5(8)12-6/h3-4H,1-2H3,(H,9,11). The smallest absolute Gasteiger partial charge is 0.321 e. The number of carbonyl (C=O) groups is 1. The van der Waals surface area contributed by atoms with Gasteiger partial charge in [0.05, 0.1) is 8.79 Å². The molecule has 1 aromatic rings. The molecule has 0 aliphatic rings. The number of hydrogen-bond acceptors (Lipinski definition) is 2. The summed E-state index contributed by atoms with van der Waals surface area (Å²) in [7, 11) is 3.35. The van der Waals surface area contributed by atoms with E-state index >= 15 is 0 Å². The summed E-state index contributed by atoms with van der Waals surface area (Å²) < 4.78 is 1.02. The van der Waals surface area contributed by atoms with Crippen LogP contribution in [0.1, 0.15) is 0 Å². The second-order valence-electron chi connectivity index (χ2n) is 2.19. The van der Waals surface area contributed by atoms with Gasteiger partial charge < -0.3 is 5.32 Å². The molecule has 0 fully saturated rings. The summed E-state index contributed by atoms with van der Waals surface area (Å²) in [5.74, 6) is 0. The molecule has 66 valence electrons. The molecule has 0 spiro atoms. The lowest BCUT2D eigenvalue weighted by Crippen LogP contribution is -2.34. The van der Waals surface area contributed by atoms with Crippen molar-refractivity contribution in [3.05, 3.63) is 15.9 Å². The number of amides is 2. The van der Waals surface area contributed by atoms with Gasteiger partial charge in [0.1, 0.15) is 0 Å². The van der Waals surface area contributed by atoms with Crippen LogP contribution in [0.3, 0.4) is 0 Å². The average Bonchev–Trinajstić information content (AvgIpc) is 2.49. The van der Waals surface area contributed by atoms with E-state index in [1.807, 2.05) is 12.1 Å². The van der Waals surface area contributed by atoms with Gasteiger partial charge in [0.15, 0.2) is 0 Å². The molecule has 0 saturated carbocycles. The van der Waals surface area contributed by atoms with Crippen LogP contribution in [0, 0.1) is 0 Å². The van der Waals surface area contributed by atoms with Gasteiger partial charge in [-0.15, -0.1) is 11.3 Å². The van der Waals surface area contributed by atoms with E-state index in [0.717, 1.165) is 8.79 Å². The van der Waals surface area contributed by atoms with Crippen LogP contribution >= 0.6 is 27.3 Å². The molecule has 0 aliphatic heterocycles. The van der Waals surface area contributed by atoms with Crippen molar-refractivity contribution in [2.75, 3.05) is 19.0 Å². The van der Waals surface area contributed by atoms with Crippen LogP contribution < -0.4 is 10.2 Å². The third-order valence-corrected chi connectivity index (χ3v) is 3.11. The fourth-order valence-corrected chi connectivity index (χ4v) is 2.07. The van der Waals surface area contributed by atoms with Crippen LogP contribution in [0.15, 0.2) is 15.9 Å². The van der Waals surface area contributed by atoms with Crippen LogP contribution in [0.5, 0.6) is 0 Å². The Morgan fingerprint density at radius 2 is 2.33 bits per heavy atom. The van der Waals surface area contributed by atoms with Crippen molar-refractivity contribution >= 4 is 38.3 Å². The van der Waals surface area contributed by atoms with E-state index in [1.54, 1.807) is 19.0 Å². The normalized spacial score (nSPS) is 9.58. The topological polar surface area (TPSA) is 32.3 Å². The third-order valence-electron chi connectivity index (χ3n) is 1.41. The Hall–Kier alpha value is -0.550. The summed E-state index contributed by atoms with van der Waals surface area (Å²) >= 11 is 4.85. The van der Waals surface area contributed by atoms with E-state index < -0.39 is 0 Å². The summed E-state index contributed by atoms with van der Waals surface area (Å²) in [4.78, 5) is 12.7. The first kappa shape index (κ1) is 9.54. The van der Waals surface area contributed by atoms with Gasteiger partial charge in [-0.25, -0.2) is 4.79 Å². The second kappa shape index (κ2) is 3.91. The lowest BCUT2D eigenvalue weighted by Gasteiger charge is -2.13. The van der Waals surface area contributed by atoms with E-state index in [4.69, 9.17) is 0 Å². The summed E-state index contributed by atoms with van der Waals surface area (Å²) in [6, 6.07) is 3.70. The van der Waals surface area contributed by atoms with Crippen molar-refractivity contribution in [2.45, 2.75) is 0 Å². The number of nitrogens with zero attached hydrogens (tertiary/aromatic N) is 1. The highest BCUT2D eigenvalue weighted by atomic mass is 79.9. The van der Waals surface area contributed by atoms with Gasteiger partial charge in [0.25, 0.3) is 0 Å². The van der Waals surface area contributed by atoms with Crippen molar-refractivity contribution in [1.29, 1.82) is 0 Å². The molecule has 0 bridgehead atoms. The number of carbonyl (C=O) groups excluding carboxylic acids is 1. The molecule has 2 amide bonds. The number of anilines is 1. The highest BCUT2D eigenvalue weighted by molar-refractivity contribution is 9.11. The number of nitrogens with one attached hydrogen (secondary N) is 1. The SMILES string of the molecule is CNC(=O)N(C)c1ccc(Br)s1. The fourth-order valence-electron chi connectivity index (χ4n) is 0.753. The van der Waals surface area contributed by atoms with Gasteiger partial charge in [0, 0.05) is 14.1 Å². The van der Waals surface area contributed by atoms with Gasteiger partial charge in [-0.1, -0.05) is 0 Å². The summed E-state index contributed by atoms with van der Waals surface area (Å²) in [5.41, 5.74) is 0. The van der Waals surface area contributed by atoms with E-state index in [0.29, 0.717) is 0 Å². The molecule has 0 radical (unpaired) electrons. The molecule has 1 heterocycles. The minimum absolute atomic E-state index is 0.107. The Balaban J connectivity index is 2.77. The van der Waals surface area contributed by atoms with Gasteiger partial charge in [-0.05, 0) is 28.1 Å². The van der Waals surface area contributed by atoms with Crippen LogP contribution in [-0.4, -0.2) is 20.1 Å². The van der Waals surface area contributed by atoms with Crippen molar-refractivity contribution in [3.63, 3.8) is 0 Å². The van der Waals surface area contributed by atoms with Crippen molar-refractivity contribution in [2.24, 2.45) is 0 Å². The molecular weight excluding hydrogens is 240 g/mol. The molecular formula is C7H9BrN2OS. The van der Waals surface area contributed by atoms with Crippen LogP contribution in [0.25, 0.3) is 0 Å². The van der Waals surface area contributed by atoms with E-state index in [1.165, 1.54) is 11.3 Å². The Labute approximate surface area is 83.5 Å². The van der Waals surface area contributed by atoms with Gasteiger partial charge in [-0.2, -0.15) is 0 Å². The maximum Gasteiger partial charge on any atom is 0.321 e. The average molecular weight is 249 g/mol. The number of urea groups is 1. The summed E-state index contributed by atoms with van der Waals surface area (Å²) in [6.45, 7) is 0. The minimum atomic E-state index is -0.107. The first-order chi connectivity index (χ1) is 5.65. The van der Waals surface area contributed by atoms with E-state index in [2.05, 4.69) is 21.2 Å². The molecule has 1 rings (SSSR count). The quantitative estimate of drug-likeness (QED) is 0.813. The summed E-state index contributed by atoms with van der Waals surface area (Å²) in [6.07, 6.45) is 0. The lowest BCUT2D eigenvalue weighted by atomic mass is 10.6. The molecule has 0 aliphatic carbocycles. The Bertz CT molecular complexity index is 287. The van der Waals surface area contributed by atoms with E-state index in [-0.39, 0.29) is 6.03 Å². The molecule has 3 nitrogen and oxygen atoms in total. The lowest BCUT2D eigenvalue weighted by molar-refractivity contribution is 0.249. The van der Waals surface area contributed by atoms with Crippen molar-refractivity contribution in [1.82, 2.24) is 5.32 Å². The zero-order chi connectivity index (χ0) is 9.14. The van der Waals surface area contributed by atoms with Gasteiger partial charge in [-0.3, -0.25) is 4.90 Å². The Morgan fingerprint density at radius 3 is 2.75 bits per heavy atom. The minimum Gasteiger partial charge on any atom is -0.341 e. The maximum absolute atomic E-state index is 11.1. The van der Waals surface area contributed by atoms with Crippen molar-refractivity contribution < 1.29 is 4.79 Å². The number of thiophene rings is 1. The predicted molar refractivity (Wildman–Crippen MR) is 54.9 cm³/mol. The highest BCUT2D eigenvalue weighted by Crippen LogP contribution is 2.28. The van der Waals surface area contributed by atoms with E-state index in [9.17, 15) is 4.79 Å². The highest BCUT2D eigenvalue weighted by Gasteiger charge is 2.09. The third kappa shape index (κ3) is 1.98. The van der Waals surface area contributed by atoms with Crippen LogP contribution in [-0.2, 0) is 0 Å². The molecule has 12 heavy (non-hydrogen) atoms. The van der Waals surface area contributed by atoms with Gasteiger partial charge in [0.2, 0.25) is 0 Å². The molecule has 5 heteroatoms. The van der Waals surface area contributed by atoms with Gasteiger partial charge >= 0.3 is 6.03 Å². The zero-order valence-electron chi connectivity index (χ0n) is 6.80. The predicted octanol–water partition coefficient (Wildman–Crippen LogP) is 2.29. The van der Waals surface area contributed by atoms with Crippen LogP contribution in [0.4, 0.5) is 9.80 Å². The van der Waals surface area contributed by atoms with Crippen LogP contribution in [0.2, 0.25) is 0 Å². The molecule has 0 aromatic carbocycles. The Kier molecular flexibility index (Phi) is 3.11. The first-order valence-electron chi connectivity index (χ1n) is 3.36. The first-order valence-corrected chi connectivity index (χ1v) is 4.97. The molecule has 1 N–H and O–H groups in total. The maximum atomic E-state index is 11.1. The molecule has 1 aromatic heterocycles. The number of rotatable bonds is 1. The Morgan fingerprint density at radius 1 is 1.67 bits per heavy atom. The summed E-state index contributed by atoms with van der Waals surface area (Å²) in [5, 5.41) is 3.47. The number of hydrogen-bond donors (Lipinski definition) is 1. The molecule has 0 saturated heterocycles. The van der Waals surface area contributed by atoms with Crippen molar-refractivity contribution in [3.8, 4) is 0 Å².